The lowest BCUT2D eigenvalue weighted by Crippen LogP contribution is -1.86. The normalized spacial score (nSPS) is 26.1. The fourth-order valence-corrected chi connectivity index (χ4v) is 2.82. The van der Waals surface area contributed by atoms with Crippen LogP contribution in [0.2, 0.25) is 5.02 Å². The molecule has 70 valence electrons. The summed E-state index contributed by atoms with van der Waals surface area (Å²) in [4.78, 5) is 0. The van der Waals surface area contributed by atoms with E-state index in [-0.39, 0.29) is 0 Å². The van der Waals surface area contributed by atoms with Crippen molar-refractivity contribution in [2.45, 2.75) is 19.3 Å². The number of alkyl halides is 1. The van der Waals surface area contributed by atoms with Crippen LogP contribution >= 0.6 is 27.5 Å². The van der Waals surface area contributed by atoms with Crippen molar-refractivity contribution in [1.82, 2.24) is 0 Å². The molecule has 0 spiro atoms. The summed E-state index contributed by atoms with van der Waals surface area (Å²) in [5.74, 6) is 1.51. The molecule has 0 saturated heterocycles. The molecule has 0 nitrogen and oxygen atoms in total. The zero-order valence-corrected chi connectivity index (χ0v) is 9.90. The Morgan fingerprint density at radius 3 is 2.85 bits per heavy atom. The largest absolute Gasteiger partial charge is 0.0925 e. The van der Waals surface area contributed by atoms with E-state index in [2.05, 4.69) is 41.1 Å². The average Bonchev–Trinajstić information content (AvgIpc) is 2.83. The summed E-state index contributed by atoms with van der Waals surface area (Å²) >= 11 is 9.68. The van der Waals surface area contributed by atoms with E-state index < -0.39 is 0 Å². The molecule has 0 amide bonds. The third kappa shape index (κ3) is 1.92. The highest BCUT2D eigenvalue weighted by atomic mass is 79.9. The molecule has 0 bridgehead atoms. The first-order valence-corrected chi connectivity index (χ1v) is 6.04. The van der Waals surface area contributed by atoms with Crippen LogP contribution in [0.5, 0.6) is 0 Å². The highest BCUT2D eigenvalue weighted by Crippen LogP contribution is 2.50. The molecular formula is C11H12BrCl. The Kier molecular flexibility index (Phi) is 2.66. The Morgan fingerprint density at radius 1 is 1.54 bits per heavy atom. The molecule has 1 aliphatic rings. The first kappa shape index (κ1) is 9.54. The average molecular weight is 260 g/mol. The molecular weight excluding hydrogens is 247 g/mol. The van der Waals surface area contributed by atoms with E-state index in [1.54, 1.807) is 0 Å². The van der Waals surface area contributed by atoms with E-state index in [0.717, 1.165) is 16.3 Å². The molecule has 1 saturated carbocycles. The van der Waals surface area contributed by atoms with Gasteiger partial charge in [-0.2, -0.15) is 0 Å². The summed E-state index contributed by atoms with van der Waals surface area (Å²) in [6.07, 6.45) is 1.29. The summed E-state index contributed by atoms with van der Waals surface area (Å²) in [6.45, 7) is 2.07. The van der Waals surface area contributed by atoms with Crippen LogP contribution in [0.1, 0.15) is 23.5 Å². The molecule has 0 aliphatic heterocycles. The highest BCUT2D eigenvalue weighted by molar-refractivity contribution is 9.09. The molecule has 2 rings (SSSR count). The lowest BCUT2D eigenvalue weighted by Gasteiger charge is -2.03. The summed E-state index contributed by atoms with van der Waals surface area (Å²) in [5, 5.41) is 2.04. The summed E-state index contributed by atoms with van der Waals surface area (Å²) < 4.78 is 0. The molecule has 1 aliphatic carbocycles. The maximum absolute atomic E-state index is 6.17. The van der Waals surface area contributed by atoms with Crippen molar-refractivity contribution >= 4 is 27.5 Å². The lowest BCUT2D eigenvalue weighted by molar-refractivity contribution is 0.936. The molecule has 0 radical (unpaired) electrons. The molecule has 1 aromatic carbocycles. The maximum Gasteiger partial charge on any atom is 0.0443 e. The van der Waals surface area contributed by atoms with Crippen LogP contribution in [0.4, 0.5) is 0 Å². The van der Waals surface area contributed by atoms with E-state index in [0.29, 0.717) is 5.92 Å². The number of halogens is 2. The molecule has 1 aromatic rings. The van der Waals surface area contributed by atoms with Crippen LogP contribution in [-0.2, 0) is 0 Å². The van der Waals surface area contributed by atoms with Gasteiger partial charge in [0.25, 0.3) is 0 Å². The Morgan fingerprint density at radius 2 is 2.31 bits per heavy atom. The third-order valence-corrected chi connectivity index (χ3v) is 3.84. The van der Waals surface area contributed by atoms with Crippen molar-refractivity contribution in [2.24, 2.45) is 5.92 Å². The van der Waals surface area contributed by atoms with Crippen LogP contribution in [0.25, 0.3) is 0 Å². The van der Waals surface area contributed by atoms with Crippen LogP contribution < -0.4 is 0 Å². The summed E-state index contributed by atoms with van der Waals surface area (Å²) in [7, 11) is 0. The Labute approximate surface area is 92.4 Å². The lowest BCUT2D eigenvalue weighted by atomic mass is 10.1. The topological polar surface area (TPSA) is 0 Å². The van der Waals surface area contributed by atoms with E-state index in [1.165, 1.54) is 17.5 Å². The SMILES string of the molecule is Cc1ccc(C2CC2CBr)c(Cl)c1. The van der Waals surface area contributed by atoms with Gasteiger partial charge in [0.1, 0.15) is 0 Å². The third-order valence-electron chi connectivity index (χ3n) is 2.68. The number of hydrogen-bond acceptors (Lipinski definition) is 0. The minimum absolute atomic E-state index is 0.701. The van der Waals surface area contributed by atoms with Gasteiger partial charge in [-0.3, -0.25) is 0 Å². The van der Waals surface area contributed by atoms with Gasteiger partial charge in [-0.25, -0.2) is 0 Å². The van der Waals surface area contributed by atoms with Gasteiger partial charge in [-0.05, 0) is 42.4 Å². The Balaban J connectivity index is 2.22. The van der Waals surface area contributed by atoms with E-state index in [1.807, 2.05) is 0 Å². The summed E-state index contributed by atoms with van der Waals surface area (Å²) in [6, 6.07) is 6.37. The minimum atomic E-state index is 0.701. The van der Waals surface area contributed by atoms with Crippen molar-refractivity contribution in [3.63, 3.8) is 0 Å². The van der Waals surface area contributed by atoms with Crippen molar-refractivity contribution in [3.8, 4) is 0 Å². The van der Waals surface area contributed by atoms with Gasteiger partial charge in [0.05, 0.1) is 0 Å². The molecule has 1 fully saturated rings. The zero-order valence-electron chi connectivity index (χ0n) is 7.56. The second-order valence-electron chi connectivity index (χ2n) is 3.78. The second-order valence-corrected chi connectivity index (χ2v) is 4.84. The summed E-state index contributed by atoms with van der Waals surface area (Å²) in [5.41, 5.74) is 2.57. The Hall–Kier alpha value is -0.0100. The molecule has 13 heavy (non-hydrogen) atoms. The maximum atomic E-state index is 6.17. The minimum Gasteiger partial charge on any atom is -0.0925 e. The standard InChI is InChI=1S/C11H12BrCl/c1-7-2-3-9(11(13)4-7)10-5-8(10)6-12/h2-4,8,10H,5-6H2,1H3. The molecule has 0 heterocycles. The highest BCUT2D eigenvalue weighted by Gasteiger charge is 2.38. The number of hydrogen-bond donors (Lipinski definition) is 0. The van der Waals surface area contributed by atoms with Crippen molar-refractivity contribution < 1.29 is 0 Å². The first-order valence-electron chi connectivity index (χ1n) is 4.54. The molecule has 0 aromatic heterocycles. The van der Waals surface area contributed by atoms with Gasteiger partial charge in [-0.15, -0.1) is 0 Å². The van der Waals surface area contributed by atoms with Gasteiger partial charge in [0.2, 0.25) is 0 Å². The number of aryl methyl sites for hydroxylation is 1. The van der Waals surface area contributed by atoms with Crippen LogP contribution in [0.3, 0.4) is 0 Å². The van der Waals surface area contributed by atoms with E-state index >= 15 is 0 Å². The van der Waals surface area contributed by atoms with Gasteiger partial charge in [-0.1, -0.05) is 39.7 Å². The quantitative estimate of drug-likeness (QED) is 0.700. The molecule has 0 N–H and O–H groups in total. The van der Waals surface area contributed by atoms with Crippen molar-refractivity contribution in [3.05, 3.63) is 34.3 Å². The fraction of sp³-hybridized carbons (Fsp3) is 0.455. The molecule has 2 atom stereocenters. The second kappa shape index (κ2) is 3.62. The number of rotatable bonds is 2. The fourth-order valence-electron chi connectivity index (χ4n) is 1.73. The van der Waals surface area contributed by atoms with Crippen molar-refractivity contribution in [1.29, 1.82) is 0 Å². The van der Waals surface area contributed by atoms with Crippen molar-refractivity contribution in [2.75, 3.05) is 5.33 Å². The van der Waals surface area contributed by atoms with E-state index in [4.69, 9.17) is 11.6 Å². The monoisotopic (exact) mass is 258 g/mol. The van der Waals surface area contributed by atoms with Crippen LogP contribution in [0, 0.1) is 12.8 Å². The zero-order chi connectivity index (χ0) is 9.42. The van der Waals surface area contributed by atoms with Crippen LogP contribution in [0.15, 0.2) is 18.2 Å². The smallest absolute Gasteiger partial charge is 0.0443 e. The van der Waals surface area contributed by atoms with Gasteiger partial charge in [0.15, 0.2) is 0 Å². The number of benzene rings is 1. The van der Waals surface area contributed by atoms with Gasteiger partial charge < -0.3 is 0 Å². The van der Waals surface area contributed by atoms with E-state index in [9.17, 15) is 0 Å². The molecule has 2 unspecified atom stereocenters. The predicted molar refractivity (Wildman–Crippen MR) is 60.8 cm³/mol. The van der Waals surface area contributed by atoms with Gasteiger partial charge >= 0.3 is 0 Å². The van der Waals surface area contributed by atoms with Crippen LogP contribution in [-0.4, -0.2) is 5.33 Å². The van der Waals surface area contributed by atoms with Gasteiger partial charge in [0, 0.05) is 10.4 Å². The predicted octanol–water partition coefficient (Wildman–Crippen LogP) is 4.15. The Bertz CT molecular complexity index is 322. The first-order chi connectivity index (χ1) is 6.22. The molecule has 2 heteroatoms.